The van der Waals surface area contributed by atoms with Crippen LogP contribution < -0.4 is 0 Å². The van der Waals surface area contributed by atoms with Crippen LogP contribution in [0.15, 0.2) is 48.5 Å². The van der Waals surface area contributed by atoms with E-state index in [1.54, 1.807) is 12.1 Å². The van der Waals surface area contributed by atoms with Crippen LogP contribution in [0.4, 0.5) is 4.39 Å². The molecule has 0 saturated heterocycles. The maximum absolute atomic E-state index is 13.7. The van der Waals surface area contributed by atoms with Crippen molar-refractivity contribution in [3.63, 3.8) is 0 Å². The zero-order valence-corrected chi connectivity index (χ0v) is 11.3. The van der Waals surface area contributed by atoms with Crippen molar-refractivity contribution in [2.75, 3.05) is 5.88 Å². The number of halogens is 3. The zero-order chi connectivity index (χ0) is 13.0. The Hall–Kier alpha value is -1.05. The molecule has 0 fully saturated rings. The fourth-order valence-electron chi connectivity index (χ4n) is 1.95. The summed E-state index contributed by atoms with van der Waals surface area (Å²) in [5.74, 6) is 0.321. The molecule has 0 aromatic heterocycles. The third-order valence-corrected chi connectivity index (χ3v) is 3.54. The fraction of sp³-hybridized carbons (Fsp3) is 0.200. The summed E-state index contributed by atoms with van der Waals surface area (Å²) in [7, 11) is 0. The van der Waals surface area contributed by atoms with Crippen LogP contribution in [0.1, 0.15) is 17.0 Å². The molecular weight excluding hydrogens is 270 g/mol. The quantitative estimate of drug-likeness (QED) is 0.689. The summed E-state index contributed by atoms with van der Waals surface area (Å²) in [5.41, 5.74) is 1.73. The predicted molar refractivity (Wildman–Crippen MR) is 75.0 cm³/mol. The molecule has 3 heteroatoms. The molecule has 0 aliphatic heterocycles. The lowest BCUT2D eigenvalue weighted by Gasteiger charge is -2.15. The number of hydrogen-bond donors (Lipinski definition) is 0. The van der Waals surface area contributed by atoms with Gasteiger partial charge in [-0.3, -0.25) is 0 Å². The van der Waals surface area contributed by atoms with Gasteiger partial charge >= 0.3 is 0 Å². The molecule has 0 heterocycles. The van der Waals surface area contributed by atoms with Gasteiger partial charge in [0.2, 0.25) is 0 Å². The molecule has 1 atom stereocenters. The molecule has 0 amide bonds. The summed E-state index contributed by atoms with van der Waals surface area (Å²) in [6.07, 6.45) is 0.555. The number of benzene rings is 2. The summed E-state index contributed by atoms with van der Waals surface area (Å²) in [6.45, 7) is 0. The minimum Gasteiger partial charge on any atom is -0.207 e. The van der Waals surface area contributed by atoms with Crippen LogP contribution in [-0.4, -0.2) is 5.88 Å². The van der Waals surface area contributed by atoms with Gasteiger partial charge in [-0.1, -0.05) is 41.9 Å². The van der Waals surface area contributed by atoms with Gasteiger partial charge in [-0.25, -0.2) is 4.39 Å². The second-order valence-corrected chi connectivity index (χ2v) is 4.95. The van der Waals surface area contributed by atoms with E-state index >= 15 is 0 Å². The van der Waals surface area contributed by atoms with Gasteiger partial charge in [0.25, 0.3) is 0 Å². The summed E-state index contributed by atoms with van der Waals surface area (Å²) < 4.78 is 13.7. The highest BCUT2D eigenvalue weighted by Crippen LogP contribution is 2.25. The van der Waals surface area contributed by atoms with Crippen molar-refractivity contribution in [2.45, 2.75) is 12.3 Å². The van der Waals surface area contributed by atoms with E-state index in [9.17, 15) is 4.39 Å². The van der Waals surface area contributed by atoms with E-state index in [1.807, 2.05) is 30.3 Å². The van der Waals surface area contributed by atoms with Gasteiger partial charge in [0, 0.05) is 16.8 Å². The topological polar surface area (TPSA) is 0 Å². The van der Waals surface area contributed by atoms with Crippen LogP contribution in [0.5, 0.6) is 0 Å². The molecule has 94 valence electrons. The standard InChI is InChI=1S/C15H13Cl2F/c16-10-13(11-4-2-1-3-5-11)8-12-9-14(17)6-7-15(12)18/h1-7,9,13H,8,10H2. The second kappa shape index (κ2) is 6.21. The zero-order valence-electron chi connectivity index (χ0n) is 9.74. The van der Waals surface area contributed by atoms with Crippen LogP contribution >= 0.6 is 23.2 Å². The maximum Gasteiger partial charge on any atom is 0.126 e. The van der Waals surface area contributed by atoms with Crippen LogP contribution in [0, 0.1) is 5.82 Å². The van der Waals surface area contributed by atoms with Crippen molar-refractivity contribution in [2.24, 2.45) is 0 Å². The van der Waals surface area contributed by atoms with E-state index in [2.05, 4.69) is 0 Å². The van der Waals surface area contributed by atoms with E-state index < -0.39 is 0 Å². The first-order valence-corrected chi connectivity index (χ1v) is 6.67. The van der Waals surface area contributed by atoms with Crippen molar-refractivity contribution in [1.29, 1.82) is 0 Å². The van der Waals surface area contributed by atoms with Gasteiger partial charge in [0.15, 0.2) is 0 Å². The van der Waals surface area contributed by atoms with Gasteiger partial charge in [-0.15, -0.1) is 11.6 Å². The first-order valence-electron chi connectivity index (χ1n) is 5.75. The molecule has 0 spiro atoms. The van der Waals surface area contributed by atoms with Crippen molar-refractivity contribution < 1.29 is 4.39 Å². The average molecular weight is 283 g/mol. The Morgan fingerprint density at radius 1 is 1.06 bits per heavy atom. The molecule has 0 bridgehead atoms. The Kier molecular flexibility index (Phi) is 4.62. The smallest absolute Gasteiger partial charge is 0.126 e. The highest BCUT2D eigenvalue weighted by atomic mass is 35.5. The Morgan fingerprint density at radius 2 is 1.78 bits per heavy atom. The monoisotopic (exact) mass is 282 g/mol. The van der Waals surface area contributed by atoms with Crippen molar-refractivity contribution >= 4 is 23.2 Å². The minimum atomic E-state index is -0.231. The van der Waals surface area contributed by atoms with Gasteiger partial charge < -0.3 is 0 Å². The highest BCUT2D eigenvalue weighted by molar-refractivity contribution is 6.30. The van der Waals surface area contributed by atoms with E-state index in [0.717, 1.165) is 5.56 Å². The molecule has 0 nitrogen and oxygen atoms in total. The van der Waals surface area contributed by atoms with E-state index in [4.69, 9.17) is 23.2 Å². The molecule has 0 radical (unpaired) electrons. The highest BCUT2D eigenvalue weighted by Gasteiger charge is 2.13. The lowest BCUT2D eigenvalue weighted by Crippen LogP contribution is -2.06. The Balaban J connectivity index is 2.23. The van der Waals surface area contributed by atoms with Gasteiger partial charge in [-0.2, -0.15) is 0 Å². The molecule has 2 rings (SSSR count). The summed E-state index contributed by atoms with van der Waals surface area (Å²) in [5, 5.41) is 0.549. The first-order chi connectivity index (χ1) is 8.70. The van der Waals surface area contributed by atoms with Crippen LogP contribution in [0.25, 0.3) is 0 Å². The number of rotatable bonds is 4. The van der Waals surface area contributed by atoms with Crippen LogP contribution in [-0.2, 0) is 6.42 Å². The van der Waals surface area contributed by atoms with Crippen molar-refractivity contribution in [1.82, 2.24) is 0 Å². The number of hydrogen-bond acceptors (Lipinski definition) is 0. The lowest BCUT2D eigenvalue weighted by atomic mass is 9.93. The van der Waals surface area contributed by atoms with Crippen molar-refractivity contribution in [3.05, 3.63) is 70.5 Å². The van der Waals surface area contributed by atoms with Crippen LogP contribution in [0.2, 0.25) is 5.02 Å². The third kappa shape index (κ3) is 3.24. The SMILES string of the molecule is Fc1ccc(Cl)cc1CC(CCl)c1ccccc1. The normalized spacial score (nSPS) is 12.4. The average Bonchev–Trinajstić information content (AvgIpc) is 2.41. The fourth-order valence-corrected chi connectivity index (χ4v) is 2.43. The van der Waals surface area contributed by atoms with E-state index in [1.165, 1.54) is 6.07 Å². The van der Waals surface area contributed by atoms with Crippen LogP contribution in [0.3, 0.4) is 0 Å². The maximum atomic E-state index is 13.7. The Morgan fingerprint density at radius 3 is 2.44 bits per heavy atom. The van der Waals surface area contributed by atoms with E-state index in [-0.39, 0.29) is 11.7 Å². The minimum absolute atomic E-state index is 0.0980. The van der Waals surface area contributed by atoms with E-state index in [0.29, 0.717) is 22.9 Å². The summed E-state index contributed by atoms with van der Waals surface area (Å²) in [6, 6.07) is 14.5. The predicted octanol–water partition coefficient (Wildman–Crippen LogP) is 5.04. The molecule has 0 N–H and O–H groups in total. The van der Waals surface area contributed by atoms with Gasteiger partial charge in [0.1, 0.15) is 5.82 Å². The molecule has 0 saturated carbocycles. The molecule has 2 aromatic rings. The lowest BCUT2D eigenvalue weighted by molar-refractivity contribution is 0.598. The van der Waals surface area contributed by atoms with Gasteiger partial charge in [0.05, 0.1) is 0 Å². The van der Waals surface area contributed by atoms with Gasteiger partial charge in [-0.05, 0) is 35.7 Å². The molecule has 1 unspecified atom stereocenters. The Labute approximate surface area is 116 Å². The Bertz CT molecular complexity index is 511. The molecule has 0 aliphatic carbocycles. The largest absolute Gasteiger partial charge is 0.207 e. The number of alkyl halides is 1. The summed E-state index contributed by atoms with van der Waals surface area (Å²) in [4.78, 5) is 0. The first kappa shape index (κ1) is 13.4. The third-order valence-electron chi connectivity index (χ3n) is 2.93. The molecular formula is C15H13Cl2F. The molecule has 2 aromatic carbocycles. The molecule has 0 aliphatic rings. The summed E-state index contributed by atoms with van der Waals surface area (Å²) >= 11 is 11.9. The van der Waals surface area contributed by atoms with Crippen molar-refractivity contribution in [3.8, 4) is 0 Å². The second-order valence-electron chi connectivity index (χ2n) is 4.20. The molecule has 18 heavy (non-hydrogen) atoms.